The lowest BCUT2D eigenvalue weighted by Crippen LogP contribution is -2.38. The fraction of sp³-hybridized carbons (Fsp3) is 0.364. The number of non-ortho nitro benzene ring substituents is 1. The van der Waals surface area contributed by atoms with E-state index in [1.165, 1.54) is 0 Å². The molecule has 1 aliphatic rings. The third-order valence-electron chi connectivity index (χ3n) is 3.42. The molecule has 1 heterocycles. The average molecular weight is 360 g/mol. The molecule has 0 bridgehead atoms. The molecule has 0 radical (unpaired) electrons. The van der Waals surface area contributed by atoms with Crippen molar-refractivity contribution < 1.29 is 28.2 Å². The molecule has 2 N–H and O–H groups in total. The van der Waals surface area contributed by atoms with Gasteiger partial charge in [-0.1, -0.05) is 0 Å². The summed E-state index contributed by atoms with van der Waals surface area (Å²) in [7, 11) is -4.34. The predicted octanol–water partition coefficient (Wildman–Crippen LogP) is 0.534. The standard InChI is InChI=1S/C11H12N4O8S/c16-11(17)13-4-3-7(6-13)12-24(22,23)10-2-1-8(14(18)19)5-9(10)15(20)21/h1-2,5,7,12H,3-4,6H2,(H,16,17)/t7-/m0/s1. The Morgan fingerprint density at radius 1 is 1.29 bits per heavy atom. The van der Waals surface area contributed by atoms with Gasteiger partial charge in [0.15, 0.2) is 4.90 Å². The monoisotopic (exact) mass is 360 g/mol. The van der Waals surface area contributed by atoms with Gasteiger partial charge >= 0.3 is 6.09 Å². The Morgan fingerprint density at radius 3 is 2.46 bits per heavy atom. The van der Waals surface area contributed by atoms with E-state index in [0.717, 1.165) is 17.0 Å². The smallest absolute Gasteiger partial charge is 0.407 e. The number of nitro benzene ring substituents is 2. The molecular weight excluding hydrogens is 348 g/mol. The lowest BCUT2D eigenvalue weighted by atomic mass is 10.3. The van der Waals surface area contributed by atoms with Crippen LogP contribution < -0.4 is 4.72 Å². The molecule has 24 heavy (non-hydrogen) atoms. The number of amides is 1. The Morgan fingerprint density at radius 2 is 1.96 bits per heavy atom. The molecule has 1 amide bonds. The first kappa shape index (κ1) is 17.6. The van der Waals surface area contributed by atoms with E-state index in [0.29, 0.717) is 6.07 Å². The maximum atomic E-state index is 12.3. The van der Waals surface area contributed by atoms with Crippen LogP contribution >= 0.6 is 0 Å². The summed E-state index contributed by atoms with van der Waals surface area (Å²) in [6.07, 6.45) is -0.982. The number of nitrogens with one attached hydrogen (secondary N) is 1. The van der Waals surface area contributed by atoms with Crippen molar-refractivity contribution in [2.75, 3.05) is 13.1 Å². The number of nitro groups is 2. The molecule has 2 rings (SSSR count). The fourth-order valence-corrected chi connectivity index (χ4v) is 3.72. The summed E-state index contributed by atoms with van der Waals surface area (Å²) in [6.45, 7) is 0.0419. The Balaban J connectivity index is 2.31. The van der Waals surface area contributed by atoms with Crippen LogP contribution in [0.5, 0.6) is 0 Å². The Bertz CT molecular complexity index is 808. The van der Waals surface area contributed by atoms with Crippen molar-refractivity contribution >= 4 is 27.5 Å². The van der Waals surface area contributed by atoms with Gasteiger partial charge < -0.3 is 10.0 Å². The summed E-state index contributed by atoms with van der Waals surface area (Å²) >= 11 is 0. The number of carbonyl (C=O) groups is 1. The molecular formula is C11H12N4O8S. The first-order valence-corrected chi connectivity index (χ1v) is 8.03. The summed E-state index contributed by atoms with van der Waals surface area (Å²) in [5.41, 5.74) is -1.54. The molecule has 130 valence electrons. The fourth-order valence-electron chi connectivity index (χ4n) is 2.30. The van der Waals surface area contributed by atoms with Crippen molar-refractivity contribution in [3.05, 3.63) is 38.4 Å². The minimum Gasteiger partial charge on any atom is -0.465 e. The maximum absolute atomic E-state index is 12.3. The minimum absolute atomic E-state index is 0.0880. The molecule has 1 aromatic rings. The Labute approximate surface area is 135 Å². The second kappa shape index (κ2) is 6.37. The zero-order valence-electron chi connectivity index (χ0n) is 12.0. The number of sulfonamides is 1. The van der Waals surface area contributed by atoms with Crippen molar-refractivity contribution in [1.82, 2.24) is 9.62 Å². The van der Waals surface area contributed by atoms with Crippen molar-refractivity contribution in [2.24, 2.45) is 0 Å². The van der Waals surface area contributed by atoms with Crippen LogP contribution in [0.15, 0.2) is 23.1 Å². The van der Waals surface area contributed by atoms with Gasteiger partial charge in [0.2, 0.25) is 10.0 Å². The number of likely N-dealkylation sites (tertiary alicyclic amines) is 1. The summed E-state index contributed by atoms with van der Waals surface area (Å²) in [5, 5.41) is 30.5. The maximum Gasteiger partial charge on any atom is 0.407 e. The predicted molar refractivity (Wildman–Crippen MR) is 78.1 cm³/mol. The highest BCUT2D eigenvalue weighted by Crippen LogP contribution is 2.28. The topological polar surface area (TPSA) is 173 Å². The van der Waals surface area contributed by atoms with E-state index in [9.17, 15) is 33.4 Å². The van der Waals surface area contributed by atoms with Crippen LogP contribution in [-0.4, -0.2) is 53.5 Å². The summed E-state index contributed by atoms with van der Waals surface area (Å²) < 4.78 is 26.8. The summed E-state index contributed by atoms with van der Waals surface area (Å²) in [6, 6.07) is 1.45. The third kappa shape index (κ3) is 3.57. The first-order valence-electron chi connectivity index (χ1n) is 6.55. The van der Waals surface area contributed by atoms with Crippen LogP contribution in [0.4, 0.5) is 16.2 Å². The quantitative estimate of drug-likeness (QED) is 0.565. The number of rotatable bonds is 5. The van der Waals surface area contributed by atoms with Crippen LogP contribution in [-0.2, 0) is 10.0 Å². The van der Waals surface area contributed by atoms with Crippen molar-refractivity contribution in [1.29, 1.82) is 0 Å². The SMILES string of the molecule is O=C(O)N1CC[C@H](NS(=O)(=O)c2ccc([N+](=O)[O-])cc2[N+](=O)[O-])C1. The number of benzene rings is 1. The highest BCUT2D eigenvalue weighted by atomic mass is 32.2. The number of carboxylic acid groups (broad SMARTS) is 1. The minimum atomic E-state index is -4.34. The molecule has 0 aliphatic carbocycles. The molecule has 1 aromatic carbocycles. The molecule has 12 nitrogen and oxygen atoms in total. The summed E-state index contributed by atoms with van der Waals surface area (Å²) in [4.78, 5) is 30.9. The zero-order valence-corrected chi connectivity index (χ0v) is 12.8. The molecule has 0 aromatic heterocycles. The van der Waals surface area contributed by atoms with E-state index in [-0.39, 0.29) is 19.5 Å². The van der Waals surface area contributed by atoms with Gasteiger partial charge in [0.25, 0.3) is 11.4 Å². The van der Waals surface area contributed by atoms with Crippen molar-refractivity contribution in [3.8, 4) is 0 Å². The lowest BCUT2D eigenvalue weighted by Gasteiger charge is -2.14. The van der Waals surface area contributed by atoms with Crippen LogP contribution in [0.25, 0.3) is 0 Å². The van der Waals surface area contributed by atoms with Crippen molar-refractivity contribution in [3.63, 3.8) is 0 Å². The van der Waals surface area contributed by atoms with E-state index in [1.807, 2.05) is 0 Å². The second-order valence-corrected chi connectivity index (χ2v) is 6.68. The Kier molecular flexibility index (Phi) is 4.66. The molecule has 1 fully saturated rings. The third-order valence-corrected chi connectivity index (χ3v) is 4.99. The van der Waals surface area contributed by atoms with Gasteiger partial charge in [-0.2, -0.15) is 0 Å². The normalized spacial score (nSPS) is 17.7. The summed E-state index contributed by atoms with van der Waals surface area (Å²) in [5.74, 6) is 0. The molecule has 13 heteroatoms. The number of hydrogen-bond donors (Lipinski definition) is 2. The molecule has 1 aliphatic heterocycles. The van der Waals surface area contributed by atoms with Crippen molar-refractivity contribution in [2.45, 2.75) is 17.4 Å². The molecule has 0 spiro atoms. The number of hydrogen-bond acceptors (Lipinski definition) is 7. The lowest BCUT2D eigenvalue weighted by molar-refractivity contribution is -0.396. The second-order valence-electron chi connectivity index (χ2n) is 5.00. The van der Waals surface area contributed by atoms with Gasteiger partial charge in [-0.15, -0.1) is 0 Å². The zero-order chi connectivity index (χ0) is 18.1. The van der Waals surface area contributed by atoms with E-state index in [4.69, 9.17) is 5.11 Å². The van der Waals surface area contributed by atoms with E-state index < -0.39 is 48.3 Å². The van der Waals surface area contributed by atoms with E-state index in [1.54, 1.807) is 0 Å². The van der Waals surface area contributed by atoms with Gasteiger partial charge in [-0.25, -0.2) is 17.9 Å². The van der Waals surface area contributed by atoms with Gasteiger partial charge in [0.1, 0.15) is 0 Å². The molecule has 1 atom stereocenters. The van der Waals surface area contributed by atoms with Crippen LogP contribution in [0.1, 0.15) is 6.42 Å². The Hall–Kier alpha value is -2.80. The first-order chi connectivity index (χ1) is 11.1. The van der Waals surface area contributed by atoms with Crippen LogP contribution in [0.2, 0.25) is 0 Å². The highest BCUT2D eigenvalue weighted by Gasteiger charge is 2.33. The van der Waals surface area contributed by atoms with Gasteiger partial charge in [-0.05, 0) is 12.5 Å². The van der Waals surface area contributed by atoms with Gasteiger partial charge in [0.05, 0.1) is 15.9 Å². The molecule has 0 saturated carbocycles. The molecule has 1 saturated heterocycles. The number of nitrogens with zero attached hydrogens (tertiary/aromatic N) is 3. The van der Waals surface area contributed by atoms with E-state index >= 15 is 0 Å². The highest BCUT2D eigenvalue weighted by molar-refractivity contribution is 7.89. The van der Waals surface area contributed by atoms with Crippen LogP contribution in [0, 0.1) is 20.2 Å². The molecule has 0 unspecified atom stereocenters. The van der Waals surface area contributed by atoms with Crippen LogP contribution in [0.3, 0.4) is 0 Å². The van der Waals surface area contributed by atoms with Gasteiger partial charge in [0, 0.05) is 25.2 Å². The average Bonchev–Trinajstić information content (AvgIpc) is 2.94. The largest absolute Gasteiger partial charge is 0.465 e. The van der Waals surface area contributed by atoms with E-state index in [2.05, 4.69) is 4.72 Å². The van der Waals surface area contributed by atoms with Gasteiger partial charge in [-0.3, -0.25) is 20.2 Å².